The molecule has 2 N–H and O–H groups in total. The summed E-state index contributed by atoms with van der Waals surface area (Å²) in [6, 6.07) is 103. The molecule has 0 saturated carbocycles. The van der Waals surface area contributed by atoms with Crippen LogP contribution >= 0.6 is 0 Å². The highest BCUT2D eigenvalue weighted by Gasteiger charge is 2.19. The van der Waals surface area contributed by atoms with Crippen LogP contribution in [0.5, 0.6) is 34.5 Å². The van der Waals surface area contributed by atoms with E-state index >= 15 is 0 Å². The molecule has 12 nitrogen and oxygen atoms in total. The quantitative estimate of drug-likeness (QED) is 0.0456. The molecule has 13 rings (SSSR count). The molecule has 0 amide bonds. The Labute approximate surface area is 621 Å². The monoisotopic (exact) mass is 1390 g/mol. The second-order valence-electron chi connectivity index (χ2n) is 25.0. The van der Waals surface area contributed by atoms with Crippen molar-refractivity contribution >= 4 is 117 Å². The molecular formula is C94H82N4O8. The minimum Gasteiger partial charge on any atom is -0.497 e. The molecular weight excluding hydrogens is 1310 g/mol. The van der Waals surface area contributed by atoms with Gasteiger partial charge in [0.25, 0.3) is 0 Å². The lowest BCUT2D eigenvalue weighted by Gasteiger charge is -2.26. The van der Waals surface area contributed by atoms with Gasteiger partial charge in [-0.1, -0.05) is 121 Å². The van der Waals surface area contributed by atoms with E-state index in [2.05, 4.69) is 226 Å². The second kappa shape index (κ2) is 34.1. The third kappa shape index (κ3) is 17.1. The summed E-state index contributed by atoms with van der Waals surface area (Å²) in [6.45, 7) is -0.0834. The molecule has 0 radical (unpaired) electrons. The van der Waals surface area contributed by atoms with Gasteiger partial charge in [-0.15, -0.1) is 0 Å². The van der Waals surface area contributed by atoms with Crippen LogP contribution in [-0.2, 0) is 13.2 Å². The third-order valence-corrected chi connectivity index (χ3v) is 18.5. The zero-order valence-corrected chi connectivity index (χ0v) is 60.0. The molecule has 0 bridgehead atoms. The topological polar surface area (TPSA) is 109 Å². The highest BCUT2D eigenvalue weighted by atomic mass is 16.5. The molecule has 0 atom stereocenters. The van der Waals surface area contributed by atoms with Gasteiger partial charge in [-0.2, -0.15) is 0 Å². The predicted molar refractivity (Wildman–Crippen MR) is 438 cm³/mol. The number of anilines is 12. The molecule has 0 heterocycles. The standard InChI is InChI=1S/C94H82N4O8/c1-101-89-51-39-83(40-52-89)95(81-35-19-71(65-99)20-36-81)77-27-11-67(12-28-77)7-23-73-63-75(25-9-69-15-31-79(32-16-69)97(85-43-55-91(103-3)56-44-85)86-45-57-92(104-4)58-46-86)76(26-10-70-17-33-80(34-18-70)98(87-47-59-93(105-5)60-48-87)88-49-61-94(106-6)62-50-88)64-74(73)24-8-68-13-29-78(30-14-68)96(82-37-21-72(66-100)22-38-82)84-41-53-90(102-2)54-42-84/h7-64,99-100H,65-66H2,1-6H3/b23-7+,24-8+,25-9+,26-10+. The van der Waals surface area contributed by atoms with Crippen LogP contribution in [0.15, 0.2) is 303 Å². The maximum Gasteiger partial charge on any atom is 0.119 e. The molecule has 0 spiro atoms. The Morgan fingerprint density at radius 2 is 0.340 bits per heavy atom. The third-order valence-electron chi connectivity index (χ3n) is 18.5. The number of hydrogen-bond donors (Lipinski definition) is 2. The summed E-state index contributed by atoms with van der Waals surface area (Å²) in [4.78, 5) is 8.82. The van der Waals surface area contributed by atoms with Crippen LogP contribution in [0.1, 0.15) is 55.6 Å². The van der Waals surface area contributed by atoms with Crippen molar-refractivity contribution < 1.29 is 38.6 Å². The fraction of sp³-hybridized carbons (Fsp3) is 0.0851. The summed E-state index contributed by atoms with van der Waals surface area (Å²) in [7, 11) is 10.1. The Kier molecular flexibility index (Phi) is 22.9. The first-order valence-corrected chi connectivity index (χ1v) is 34.9. The van der Waals surface area contributed by atoms with Gasteiger partial charge in [0.2, 0.25) is 0 Å². The fourth-order valence-corrected chi connectivity index (χ4v) is 12.6. The SMILES string of the molecule is COc1ccc(N(c2ccc(/C=C/c3cc(/C=C/c4ccc(N(c5ccc(OC)cc5)c5ccc(OC)cc5)cc4)c(/C=C/c4ccc(N(c5ccc(OC)cc5)c5ccc(OC)cc5)cc4)cc3/C=C/c3ccc(N(c4ccc(CO)cc4)c4ccc(OC)cc4)cc3)cc2)c2ccc(CO)cc2)cc1. The van der Waals surface area contributed by atoms with Crippen LogP contribution in [-0.4, -0.2) is 52.9 Å². The Balaban J connectivity index is 0.906. The molecule has 0 saturated heterocycles. The van der Waals surface area contributed by atoms with Crippen molar-refractivity contribution in [3.05, 3.63) is 359 Å². The van der Waals surface area contributed by atoms with Gasteiger partial charge in [-0.25, -0.2) is 0 Å². The van der Waals surface area contributed by atoms with Crippen molar-refractivity contribution in [1.29, 1.82) is 0 Å². The van der Waals surface area contributed by atoms with Crippen LogP contribution in [0.4, 0.5) is 68.2 Å². The molecule has 0 aliphatic rings. The number of ether oxygens (including phenoxy) is 6. The van der Waals surface area contributed by atoms with Gasteiger partial charge in [0.1, 0.15) is 34.5 Å². The summed E-state index contributed by atoms with van der Waals surface area (Å²) < 4.78 is 33.3. The van der Waals surface area contributed by atoms with Gasteiger partial charge in [-0.05, 0) is 286 Å². The van der Waals surface area contributed by atoms with Crippen molar-refractivity contribution in [2.24, 2.45) is 0 Å². The van der Waals surface area contributed by atoms with Gasteiger partial charge in [0.05, 0.1) is 55.9 Å². The van der Waals surface area contributed by atoms with Gasteiger partial charge >= 0.3 is 0 Å². The molecule has 13 aromatic rings. The zero-order valence-electron chi connectivity index (χ0n) is 60.0. The summed E-state index contributed by atoms with van der Waals surface area (Å²) >= 11 is 0. The van der Waals surface area contributed by atoms with Crippen LogP contribution in [0.3, 0.4) is 0 Å². The maximum absolute atomic E-state index is 9.95. The number of rotatable bonds is 28. The molecule has 0 aliphatic carbocycles. The largest absolute Gasteiger partial charge is 0.497 e. The summed E-state index contributed by atoms with van der Waals surface area (Å²) in [5.74, 6) is 4.64. The molecule has 13 aromatic carbocycles. The van der Waals surface area contributed by atoms with Crippen LogP contribution in [0.25, 0.3) is 48.6 Å². The molecule has 0 aromatic heterocycles. The zero-order chi connectivity index (χ0) is 73.1. The first-order valence-electron chi connectivity index (χ1n) is 34.9. The van der Waals surface area contributed by atoms with E-state index < -0.39 is 0 Å². The summed E-state index contributed by atoms with van der Waals surface area (Å²) in [5.41, 5.74) is 21.4. The first-order chi connectivity index (χ1) is 52.1. The van der Waals surface area contributed by atoms with Gasteiger partial charge in [0.15, 0.2) is 0 Å². The summed E-state index contributed by atoms with van der Waals surface area (Å²) in [5, 5.41) is 19.9. The lowest BCUT2D eigenvalue weighted by atomic mass is 9.95. The number of aliphatic hydroxyl groups is 2. The van der Waals surface area contributed by atoms with Crippen molar-refractivity contribution in [2.75, 3.05) is 62.3 Å². The average molecular weight is 1400 g/mol. The number of hydrogen-bond acceptors (Lipinski definition) is 12. The number of nitrogens with zero attached hydrogens (tertiary/aromatic N) is 4. The van der Waals surface area contributed by atoms with Crippen molar-refractivity contribution in [1.82, 2.24) is 0 Å². The van der Waals surface area contributed by atoms with Gasteiger partial charge < -0.3 is 58.2 Å². The molecule has 0 fully saturated rings. The van der Waals surface area contributed by atoms with Gasteiger partial charge in [0, 0.05) is 68.2 Å². The highest BCUT2D eigenvalue weighted by molar-refractivity contribution is 5.89. The Morgan fingerprint density at radius 3 is 0.481 bits per heavy atom. The number of aliphatic hydroxyl groups excluding tert-OH is 2. The average Bonchev–Trinajstić information content (AvgIpc) is 0.824. The first kappa shape index (κ1) is 71.1. The van der Waals surface area contributed by atoms with Crippen molar-refractivity contribution in [3.8, 4) is 34.5 Å². The van der Waals surface area contributed by atoms with E-state index in [1.807, 2.05) is 146 Å². The lowest BCUT2D eigenvalue weighted by molar-refractivity contribution is 0.281. The minimum atomic E-state index is -0.0417. The fourth-order valence-electron chi connectivity index (χ4n) is 12.6. The van der Waals surface area contributed by atoms with Crippen LogP contribution < -0.4 is 48.0 Å². The molecule has 0 unspecified atom stereocenters. The van der Waals surface area contributed by atoms with E-state index in [9.17, 15) is 10.2 Å². The summed E-state index contributed by atoms with van der Waals surface area (Å²) in [6.07, 6.45) is 17.5. The van der Waals surface area contributed by atoms with Crippen molar-refractivity contribution in [3.63, 3.8) is 0 Å². The molecule has 0 aliphatic heterocycles. The van der Waals surface area contributed by atoms with Gasteiger partial charge in [-0.3, -0.25) is 0 Å². The van der Waals surface area contributed by atoms with Crippen LogP contribution in [0.2, 0.25) is 0 Å². The highest BCUT2D eigenvalue weighted by Crippen LogP contribution is 2.42. The van der Waals surface area contributed by atoms with E-state index in [-0.39, 0.29) is 13.2 Å². The van der Waals surface area contributed by atoms with E-state index in [0.29, 0.717) is 0 Å². The Morgan fingerprint density at radius 1 is 0.198 bits per heavy atom. The molecule has 526 valence electrons. The van der Waals surface area contributed by atoms with E-state index in [1.165, 1.54) is 0 Å². The van der Waals surface area contributed by atoms with E-state index in [1.54, 1.807) is 42.7 Å². The molecule has 12 heteroatoms. The van der Waals surface area contributed by atoms with Crippen LogP contribution in [0, 0.1) is 0 Å². The Bertz CT molecular complexity index is 4280. The predicted octanol–water partition coefficient (Wildman–Crippen LogP) is 23.3. The minimum absolute atomic E-state index is 0.0417. The number of methoxy groups -OCH3 is 6. The number of benzene rings is 13. The lowest BCUT2D eigenvalue weighted by Crippen LogP contribution is -2.10. The Hall–Kier alpha value is -13.3. The smallest absolute Gasteiger partial charge is 0.119 e. The normalized spacial score (nSPS) is 11.3. The second-order valence-corrected chi connectivity index (χ2v) is 25.0. The van der Waals surface area contributed by atoms with E-state index in [0.717, 1.165) is 158 Å². The van der Waals surface area contributed by atoms with Crippen molar-refractivity contribution in [2.45, 2.75) is 13.2 Å². The maximum atomic E-state index is 9.95. The molecule has 106 heavy (non-hydrogen) atoms. The van der Waals surface area contributed by atoms with E-state index in [4.69, 9.17) is 28.4 Å².